The van der Waals surface area contributed by atoms with Crippen LogP contribution in [0.2, 0.25) is 5.02 Å². The Hall–Kier alpha value is -1.66. The predicted molar refractivity (Wildman–Crippen MR) is 112 cm³/mol. The van der Waals surface area contributed by atoms with Crippen molar-refractivity contribution in [1.29, 1.82) is 0 Å². The fraction of sp³-hybridized carbons (Fsp3) is 0.222. The second-order valence-electron chi connectivity index (χ2n) is 6.19. The molecule has 1 aromatic heterocycles. The largest absolute Gasteiger partial charge is 0.416 e. The number of halogens is 5. The smallest absolute Gasteiger partial charge is 0.294 e. The molecule has 0 N–H and O–H groups in total. The van der Waals surface area contributed by atoms with Crippen molar-refractivity contribution in [2.45, 2.75) is 24.5 Å². The van der Waals surface area contributed by atoms with E-state index in [0.717, 1.165) is 16.7 Å². The third-order valence-corrected chi connectivity index (χ3v) is 7.17. The Morgan fingerprint density at radius 3 is 2.52 bits per heavy atom. The van der Waals surface area contributed by atoms with Crippen LogP contribution in [0.5, 0.6) is 0 Å². The molecule has 0 radical (unpaired) electrons. The monoisotopic (exact) mass is 556 g/mol. The van der Waals surface area contributed by atoms with Crippen molar-refractivity contribution < 1.29 is 21.6 Å². The van der Waals surface area contributed by atoms with Gasteiger partial charge < -0.3 is 0 Å². The summed E-state index contributed by atoms with van der Waals surface area (Å²) in [5.74, 6) is -0.153. The lowest BCUT2D eigenvalue weighted by Gasteiger charge is -2.13. The van der Waals surface area contributed by atoms with E-state index in [-0.39, 0.29) is 42.3 Å². The molecular weight excluding hydrogens is 544 g/mol. The molecule has 0 atom stereocenters. The minimum absolute atomic E-state index is 0.00928. The highest BCUT2D eigenvalue weighted by Crippen LogP contribution is 2.32. The number of benzene rings is 2. The molecule has 3 rings (SSSR count). The van der Waals surface area contributed by atoms with Crippen molar-refractivity contribution in [1.82, 2.24) is 9.55 Å². The molecule has 29 heavy (non-hydrogen) atoms. The summed E-state index contributed by atoms with van der Waals surface area (Å²) in [6, 6.07) is 5.86. The van der Waals surface area contributed by atoms with Crippen LogP contribution in [0.3, 0.4) is 0 Å². The fourth-order valence-corrected chi connectivity index (χ4v) is 4.89. The summed E-state index contributed by atoms with van der Waals surface area (Å²) >= 11 is 7.67. The van der Waals surface area contributed by atoms with Gasteiger partial charge in [0.15, 0.2) is 9.84 Å². The third-order valence-electron chi connectivity index (χ3n) is 4.29. The van der Waals surface area contributed by atoms with Gasteiger partial charge in [0, 0.05) is 8.59 Å². The fourth-order valence-electron chi connectivity index (χ4n) is 2.82. The third kappa shape index (κ3) is 4.43. The molecule has 11 heteroatoms. The van der Waals surface area contributed by atoms with Crippen LogP contribution in [-0.2, 0) is 22.6 Å². The van der Waals surface area contributed by atoms with Crippen LogP contribution >= 0.6 is 34.2 Å². The lowest BCUT2D eigenvalue weighted by Crippen LogP contribution is -2.23. The summed E-state index contributed by atoms with van der Waals surface area (Å²) in [4.78, 5) is 17.0. The van der Waals surface area contributed by atoms with Crippen molar-refractivity contribution >= 4 is 54.9 Å². The zero-order valence-corrected chi connectivity index (χ0v) is 18.5. The Labute approximate surface area is 182 Å². The van der Waals surface area contributed by atoms with E-state index >= 15 is 0 Å². The predicted octanol–water partition coefficient (Wildman–Crippen LogP) is 4.52. The Kier molecular flexibility index (Phi) is 5.98. The Balaban J connectivity index is 2.20. The topological polar surface area (TPSA) is 69.0 Å². The SMILES string of the molecule is CCS(=O)(=O)c1ccc(Cl)cc1Cn1cnc2c(I)cc(C(F)(F)F)cc2c1=O. The van der Waals surface area contributed by atoms with E-state index in [9.17, 15) is 26.4 Å². The van der Waals surface area contributed by atoms with Crippen molar-refractivity contribution in [2.24, 2.45) is 0 Å². The first kappa shape index (κ1) is 22.0. The van der Waals surface area contributed by atoms with Crippen LogP contribution in [0.15, 0.2) is 46.3 Å². The number of alkyl halides is 3. The molecular formula is C18H13ClF3IN2O3S. The minimum atomic E-state index is -4.61. The van der Waals surface area contributed by atoms with Gasteiger partial charge in [-0.2, -0.15) is 13.2 Å². The van der Waals surface area contributed by atoms with Crippen molar-refractivity contribution in [2.75, 3.05) is 5.75 Å². The molecule has 0 unspecified atom stereocenters. The minimum Gasteiger partial charge on any atom is -0.294 e. The lowest BCUT2D eigenvalue weighted by molar-refractivity contribution is -0.137. The van der Waals surface area contributed by atoms with Gasteiger partial charge in [-0.05, 0) is 58.5 Å². The van der Waals surface area contributed by atoms with Gasteiger partial charge >= 0.3 is 6.18 Å². The molecule has 0 bridgehead atoms. The molecule has 5 nitrogen and oxygen atoms in total. The molecule has 3 aromatic rings. The molecule has 0 amide bonds. The standard InChI is InChI=1S/C18H13ClF3IN2O3S/c1-2-29(27,28)15-4-3-12(19)5-10(15)8-25-9-24-16-13(17(25)26)6-11(7-14(16)23)18(20,21)22/h3-7,9H,2,8H2,1H3. The summed E-state index contributed by atoms with van der Waals surface area (Å²) in [6.45, 7) is 1.28. The molecule has 0 aliphatic heterocycles. The van der Waals surface area contributed by atoms with Gasteiger partial charge in [-0.25, -0.2) is 13.4 Å². The zero-order valence-electron chi connectivity index (χ0n) is 14.8. The maximum absolute atomic E-state index is 13.1. The second-order valence-corrected chi connectivity index (χ2v) is 10.0. The number of rotatable bonds is 4. The summed E-state index contributed by atoms with van der Waals surface area (Å²) in [5.41, 5.74) is -1.27. The van der Waals surface area contributed by atoms with E-state index in [1.165, 1.54) is 31.5 Å². The molecule has 2 aromatic carbocycles. The molecule has 1 heterocycles. The highest BCUT2D eigenvalue weighted by atomic mass is 127. The summed E-state index contributed by atoms with van der Waals surface area (Å²) in [6.07, 6.45) is -3.43. The van der Waals surface area contributed by atoms with Crippen molar-refractivity contribution in [3.05, 3.63) is 66.7 Å². The van der Waals surface area contributed by atoms with E-state index in [0.29, 0.717) is 0 Å². The lowest BCUT2D eigenvalue weighted by atomic mass is 10.1. The average molecular weight is 557 g/mol. The van der Waals surface area contributed by atoms with E-state index in [2.05, 4.69) is 4.98 Å². The van der Waals surface area contributed by atoms with Crippen molar-refractivity contribution in [3.63, 3.8) is 0 Å². The highest BCUT2D eigenvalue weighted by molar-refractivity contribution is 14.1. The number of nitrogens with zero attached hydrogens (tertiary/aromatic N) is 2. The normalized spacial score (nSPS) is 12.5. The highest BCUT2D eigenvalue weighted by Gasteiger charge is 2.32. The van der Waals surface area contributed by atoms with Gasteiger partial charge in [-0.1, -0.05) is 18.5 Å². The van der Waals surface area contributed by atoms with Crippen molar-refractivity contribution in [3.8, 4) is 0 Å². The quantitative estimate of drug-likeness (QED) is 0.444. The molecule has 154 valence electrons. The first-order valence-corrected chi connectivity index (χ1v) is 11.3. The second kappa shape index (κ2) is 7.88. The molecule has 0 spiro atoms. The number of aromatic nitrogens is 2. The van der Waals surface area contributed by atoms with E-state index in [4.69, 9.17) is 11.6 Å². The molecule has 0 saturated heterocycles. The molecule has 0 aliphatic carbocycles. The zero-order chi connectivity index (χ0) is 21.6. The first-order chi connectivity index (χ1) is 13.4. The van der Waals surface area contributed by atoms with Gasteiger partial charge in [0.1, 0.15) is 0 Å². The maximum Gasteiger partial charge on any atom is 0.416 e. The van der Waals surface area contributed by atoms with Gasteiger partial charge in [0.25, 0.3) is 5.56 Å². The maximum atomic E-state index is 13.1. The van der Waals surface area contributed by atoms with Gasteiger partial charge in [-0.15, -0.1) is 0 Å². The van der Waals surface area contributed by atoms with E-state index in [1.807, 2.05) is 0 Å². The number of fused-ring (bicyclic) bond motifs is 1. The van der Waals surface area contributed by atoms with Crippen LogP contribution in [0.4, 0.5) is 13.2 Å². The Morgan fingerprint density at radius 1 is 1.21 bits per heavy atom. The first-order valence-electron chi connectivity index (χ1n) is 8.21. The Morgan fingerprint density at radius 2 is 1.90 bits per heavy atom. The van der Waals surface area contributed by atoms with Gasteiger partial charge in [-0.3, -0.25) is 9.36 Å². The number of hydrogen-bond acceptors (Lipinski definition) is 4. The van der Waals surface area contributed by atoms with Crippen LogP contribution < -0.4 is 5.56 Å². The average Bonchev–Trinajstić information content (AvgIpc) is 2.63. The summed E-state index contributed by atoms with van der Waals surface area (Å²) in [5, 5.41) is 0.0689. The molecule has 0 fully saturated rings. The number of hydrogen-bond donors (Lipinski definition) is 0. The molecule has 0 aliphatic rings. The van der Waals surface area contributed by atoms with Crippen LogP contribution in [-0.4, -0.2) is 23.7 Å². The summed E-state index contributed by atoms with van der Waals surface area (Å²) in [7, 11) is -3.60. The number of sulfone groups is 1. The van der Waals surface area contributed by atoms with Crippen LogP contribution in [0.1, 0.15) is 18.1 Å². The van der Waals surface area contributed by atoms with E-state index in [1.54, 1.807) is 22.6 Å². The van der Waals surface area contributed by atoms with Crippen LogP contribution in [0.25, 0.3) is 10.9 Å². The Bertz CT molecular complexity index is 1270. The molecule has 0 saturated carbocycles. The van der Waals surface area contributed by atoms with Gasteiger partial charge in [0.2, 0.25) is 0 Å². The summed E-state index contributed by atoms with van der Waals surface area (Å²) < 4.78 is 65.3. The van der Waals surface area contributed by atoms with Crippen LogP contribution in [0, 0.1) is 3.57 Å². The van der Waals surface area contributed by atoms with E-state index < -0.39 is 27.1 Å². The van der Waals surface area contributed by atoms with Gasteiger partial charge in [0.05, 0.1) is 40.0 Å².